The van der Waals surface area contributed by atoms with Gasteiger partial charge in [0.1, 0.15) is 0 Å². The molecular formula is C17H25N3O2. The molecule has 2 fully saturated rings. The van der Waals surface area contributed by atoms with Crippen LogP contribution in [0.25, 0.3) is 0 Å². The fraction of sp³-hybridized carbons (Fsp3) is 0.647. The summed E-state index contributed by atoms with van der Waals surface area (Å²) in [4.78, 5) is 28.6. The number of piperidine rings is 1. The first-order valence-corrected chi connectivity index (χ1v) is 8.00. The Morgan fingerprint density at radius 2 is 2.00 bits per heavy atom. The zero-order chi connectivity index (χ0) is 16.1. The van der Waals surface area contributed by atoms with Crippen molar-refractivity contribution >= 4 is 11.8 Å². The SMILES string of the molecule is CN1CC[C@@H]2CN(C(=O)c3ccn(C(C)(C)C)c3)C[C@@H]2C1=O. The monoisotopic (exact) mass is 303 g/mol. The molecule has 120 valence electrons. The van der Waals surface area contributed by atoms with Crippen molar-refractivity contribution in [3.63, 3.8) is 0 Å². The second kappa shape index (κ2) is 5.14. The van der Waals surface area contributed by atoms with E-state index in [1.807, 2.05) is 30.4 Å². The van der Waals surface area contributed by atoms with Crippen LogP contribution in [0.5, 0.6) is 0 Å². The predicted octanol–water partition coefficient (Wildman–Crippen LogP) is 1.79. The van der Waals surface area contributed by atoms with Gasteiger partial charge in [0.05, 0.1) is 11.5 Å². The highest BCUT2D eigenvalue weighted by Crippen LogP contribution is 2.32. The Morgan fingerprint density at radius 3 is 2.64 bits per heavy atom. The van der Waals surface area contributed by atoms with Crippen molar-refractivity contribution in [1.29, 1.82) is 0 Å². The van der Waals surface area contributed by atoms with Crippen LogP contribution in [-0.2, 0) is 10.3 Å². The van der Waals surface area contributed by atoms with Gasteiger partial charge in [-0.3, -0.25) is 9.59 Å². The summed E-state index contributed by atoms with van der Waals surface area (Å²) in [7, 11) is 1.85. The summed E-state index contributed by atoms with van der Waals surface area (Å²) >= 11 is 0. The second-order valence-electron chi connectivity index (χ2n) is 7.60. The van der Waals surface area contributed by atoms with Crippen LogP contribution in [0.4, 0.5) is 0 Å². The van der Waals surface area contributed by atoms with E-state index in [1.54, 1.807) is 4.90 Å². The molecule has 2 atom stereocenters. The zero-order valence-electron chi connectivity index (χ0n) is 13.9. The molecule has 0 unspecified atom stereocenters. The third-order valence-electron chi connectivity index (χ3n) is 4.97. The van der Waals surface area contributed by atoms with Crippen molar-refractivity contribution in [2.45, 2.75) is 32.7 Å². The quantitative estimate of drug-likeness (QED) is 0.794. The number of fused-ring (bicyclic) bond motifs is 1. The highest BCUT2D eigenvalue weighted by Gasteiger charge is 2.43. The topological polar surface area (TPSA) is 45.5 Å². The molecule has 0 bridgehead atoms. The Kier molecular flexibility index (Phi) is 3.54. The van der Waals surface area contributed by atoms with Crippen LogP contribution >= 0.6 is 0 Å². The molecule has 3 heterocycles. The lowest BCUT2D eigenvalue weighted by atomic mass is 9.88. The molecule has 1 aromatic heterocycles. The molecule has 0 aliphatic carbocycles. The molecule has 0 aromatic carbocycles. The lowest BCUT2D eigenvalue weighted by Gasteiger charge is -2.30. The molecule has 3 rings (SSSR count). The van der Waals surface area contributed by atoms with Gasteiger partial charge in [0.15, 0.2) is 0 Å². The predicted molar refractivity (Wildman–Crippen MR) is 84.6 cm³/mol. The summed E-state index contributed by atoms with van der Waals surface area (Å²) in [5, 5.41) is 0. The molecule has 0 N–H and O–H groups in total. The van der Waals surface area contributed by atoms with Gasteiger partial charge in [-0.15, -0.1) is 0 Å². The maximum atomic E-state index is 12.7. The first-order chi connectivity index (χ1) is 10.3. The number of rotatable bonds is 1. The van der Waals surface area contributed by atoms with Gasteiger partial charge in [-0.25, -0.2) is 0 Å². The minimum absolute atomic E-state index is 0.00704. The summed E-state index contributed by atoms with van der Waals surface area (Å²) in [6, 6.07) is 1.88. The van der Waals surface area contributed by atoms with E-state index in [1.165, 1.54) is 0 Å². The van der Waals surface area contributed by atoms with Crippen molar-refractivity contribution in [2.75, 3.05) is 26.7 Å². The summed E-state index contributed by atoms with van der Waals surface area (Å²) in [6.07, 6.45) is 4.87. The summed E-state index contributed by atoms with van der Waals surface area (Å²) < 4.78 is 2.06. The van der Waals surface area contributed by atoms with Crippen molar-refractivity contribution in [3.05, 3.63) is 24.0 Å². The fourth-order valence-corrected chi connectivity index (χ4v) is 3.48. The minimum Gasteiger partial charge on any atom is -0.348 e. The van der Waals surface area contributed by atoms with Crippen LogP contribution < -0.4 is 0 Å². The number of carbonyl (C=O) groups is 2. The molecule has 5 heteroatoms. The molecule has 2 amide bonds. The lowest BCUT2D eigenvalue weighted by Crippen LogP contribution is -2.42. The maximum absolute atomic E-state index is 12.7. The molecular weight excluding hydrogens is 278 g/mol. The van der Waals surface area contributed by atoms with Crippen molar-refractivity contribution in [1.82, 2.24) is 14.4 Å². The van der Waals surface area contributed by atoms with Crippen LogP contribution in [0.2, 0.25) is 0 Å². The first kappa shape index (κ1) is 15.1. The van der Waals surface area contributed by atoms with Crippen LogP contribution in [-0.4, -0.2) is 52.9 Å². The largest absolute Gasteiger partial charge is 0.348 e. The fourth-order valence-electron chi connectivity index (χ4n) is 3.48. The molecule has 0 spiro atoms. The molecule has 2 saturated heterocycles. The van der Waals surface area contributed by atoms with E-state index >= 15 is 0 Å². The van der Waals surface area contributed by atoms with Gasteiger partial charge in [0, 0.05) is 44.6 Å². The molecule has 5 nitrogen and oxygen atoms in total. The Labute approximate surface area is 131 Å². The van der Waals surface area contributed by atoms with E-state index in [4.69, 9.17) is 0 Å². The van der Waals surface area contributed by atoms with Crippen LogP contribution in [0.15, 0.2) is 18.5 Å². The van der Waals surface area contributed by atoms with E-state index < -0.39 is 0 Å². The smallest absolute Gasteiger partial charge is 0.255 e. The van der Waals surface area contributed by atoms with Crippen molar-refractivity contribution in [3.8, 4) is 0 Å². The Bertz CT molecular complexity index is 599. The van der Waals surface area contributed by atoms with Crippen LogP contribution in [0, 0.1) is 11.8 Å². The second-order valence-corrected chi connectivity index (χ2v) is 7.60. The van der Waals surface area contributed by atoms with Gasteiger partial charge >= 0.3 is 0 Å². The highest BCUT2D eigenvalue weighted by molar-refractivity contribution is 5.95. The number of likely N-dealkylation sites (tertiary alicyclic amines) is 2. The van der Waals surface area contributed by atoms with Gasteiger partial charge in [0.25, 0.3) is 5.91 Å². The van der Waals surface area contributed by atoms with Crippen LogP contribution in [0.1, 0.15) is 37.6 Å². The Hall–Kier alpha value is -1.78. The molecule has 2 aliphatic rings. The molecule has 1 aromatic rings. The summed E-state index contributed by atoms with van der Waals surface area (Å²) in [6.45, 7) is 8.42. The standard InChI is InChI=1S/C17H25N3O2/c1-17(2,3)20-8-6-13(10-20)15(21)19-9-12-5-7-18(4)16(22)14(12)11-19/h6,8,10,12,14H,5,7,9,11H2,1-4H3/t12-,14+/m1/s1. The Balaban J connectivity index is 1.74. The van der Waals surface area contributed by atoms with Crippen molar-refractivity contribution in [2.24, 2.45) is 11.8 Å². The summed E-state index contributed by atoms with van der Waals surface area (Å²) in [5.41, 5.74) is 0.685. The number of nitrogens with zero attached hydrogens (tertiary/aromatic N) is 3. The van der Waals surface area contributed by atoms with E-state index in [0.717, 1.165) is 18.5 Å². The third-order valence-corrected chi connectivity index (χ3v) is 4.97. The van der Waals surface area contributed by atoms with Gasteiger partial charge in [-0.1, -0.05) is 0 Å². The van der Waals surface area contributed by atoms with E-state index in [-0.39, 0.29) is 23.3 Å². The van der Waals surface area contributed by atoms with Gasteiger partial charge in [-0.05, 0) is 39.2 Å². The minimum atomic E-state index is -0.0315. The number of hydrogen-bond acceptors (Lipinski definition) is 2. The Morgan fingerprint density at radius 1 is 1.27 bits per heavy atom. The third kappa shape index (κ3) is 2.53. The van der Waals surface area contributed by atoms with Gasteiger partial charge in [0.2, 0.25) is 5.91 Å². The normalized spacial score (nSPS) is 25.5. The highest BCUT2D eigenvalue weighted by atomic mass is 16.2. The average Bonchev–Trinajstić information content (AvgIpc) is 3.08. The molecule has 0 radical (unpaired) electrons. The molecule has 2 aliphatic heterocycles. The lowest BCUT2D eigenvalue weighted by molar-refractivity contribution is -0.137. The number of hydrogen-bond donors (Lipinski definition) is 0. The zero-order valence-corrected chi connectivity index (χ0v) is 13.9. The van der Waals surface area contributed by atoms with E-state index in [0.29, 0.717) is 19.0 Å². The average molecular weight is 303 g/mol. The van der Waals surface area contributed by atoms with Crippen molar-refractivity contribution < 1.29 is 9.59 Å². The van der Waals surface area contributed by atoms with Gasteiger partial charge < -0.3 is 14.4 Å². The van der Waals surface area contributed by atoms with Gasteiger partial charge in [-0.2, -0.15) is 0 Å². The summed E-state index contributed by atoms with van der Waals surface area (Å²) in [5.74, 6) is 0.566. The van der Waals surface area contributed by atoms with E-state index in [2.05, 4.69) is 25.3 Å². The number of aromatic nitrogens is 1. The van der Waals surface area contributed by atoms with E-state index in [9.17, 15) is 9.59 Å². The first-order valence-electron chi connectivity index (χ1n) is 8.00. The number of carbonyl (C=O) groups excluding carboxylic acids is 2. The maximum Gasteiger partial charge on any atom is 0.255 e. The van der Waals surface area contributed by atoms with Crippen LogP contribution in [0.3, 0.4) is 0 Å². The molecule has 22 heavy (non-hydrogen) atoms. The molecule has 0 saturated carbocycles. The number of amides is 2.